The van der Waals surface area contributed by atoms with Gasteiger partial charge in [-0.05, 0) is 135 Å². The van der Waals surface area contributed by atoms with Crippen molar-refractivity contribution in [3.05, 3.63) is 250 Å². The Kier molecular flexibility index (Phi) is 26.0. The number of halogens is 1. The molecule has 21 rings (SSSR count). The average molecular weight is 1580 g/mol. The van der Waals surface area contributed by atoms with Crippen LogP contribution in [0.3, 0.4) is 0 Å². The minimum absolute atomic E-state index is 0. The van der Waals surface area contributed by atoms with E-state index in [0.29, 0.717) is 24.7 Å². The first kappa shape index (κ1) is 83.7. The molecule has 12 N–H and O–H groups in total. The van der Waals surface area contributed by atoms with Gasteiger partial charge in [0.2, 0.25) is 11.8 Å². The molecule has 0 unspecified atom stereocenters. The third-order valence-corrected chi connectivity index (χ3v) is 20.1. The summed E-state index contributed by atoms with van der Waals surface area (Å²) in [5.41, 5.74) is 26.7. The average Bonchev–Trinajstić information content (AvgIpc) is 1.71. The van der Waals surface area contributed by atoms with Crippen LogP contribution in [-0.4, -0.2) is 74.4 Å². The molecule has 1 amide bonds. The number of amides is 1. The third kappa shape index (κ3) is 18.4. The number of ether oxygens (including phenoxy) is 1. The Morgan fingerprint density at radius 1 is 0.342 bits per heavy atom. The highest BCUT2D eigenvalue weighted by Crippen LogP contribution is 2.41. The van der Waals surface area contributed by atoms with Gasteiger partial charge >= 0.3 is 0 Å². The van der Waals surface area contributed by atoms with Crippen LogP contribution >= 0.6 is 0 Å². The summed E-state index contributed by atoms with van der Waals surface area (Å²) < 4.78 is 31.7. The van der Waals surface area contributed by atoms with Crippen LogP contribution in [0.5, 0.6) is 11.6 Å². The van der Waals surface area contributed by atoms with Crippen LogP contribution in [0.15, 0.2) is 183 Å². The fourth-order valence-electron chi connectivity index (χ4n) is 13.9. The molecule has 7 aromatic carbocycles. The van der Waals surface area contributed by atoms with Crippen LogP contribution < -0.4 is 73.4 Å². The van der Waals surface area contributed by atoms with Crippen LogP contribution in [-0.2, 0) is 99.9 Å². The maximum Gasteiger partial charge on any atom is 0.224 e. The quantitative estimate of drug-likeness (QED) is 0.0671. The van der Waals surface area contributed by atoms with E-state index in [1.807, 2.05) is 140 Å². The molecule has 14 heterocycles. The number of carbonyl (C=O) groups is 1. The molecule has 610 valence electrons. The van der Waals surface area contributed by atoms with Gasteiger partial charge in [0, 0.05) is 129 Å². The number of aryl methyl sites for hydroxylation is 11. The van der Waals surface area contributed by atoms with Crippen molar-refractivity contribution in [2.75, 3.05) is 68.7 Å². The van der Waals surface area contributed by atoms with Crippen molar-refractivity contribution in [2.24, 2.45) is 49.3 Å². The van der Waals surface area contributed by atoms with Crippen molar-refractivity contribution in [1.29, 1.82) is 0 Å². The molecule has 7 aromatic heterocycles. The minimum Gasteiger partial charge on any atom is -0.437 e. The zero-order chi connectivity index (χ0) is 78.6. The molecule has 0 spiro atoms. The van der Waals surface area contributed by atoms with E-state index >= 15 is 0 Å². The molecule has 0 saturated heterocycles. The van der Waals surface area contributed by atoms with E-state index in [4.69, 9.17) is 4.74 Å². The first-order valence-electron chi connectivity index (χ1n) is 37.2. The van der Waals surface area contributed by atoms with Crippen LogP contribution in [0, 0.1) is 33.5 Å². The largest absolute Gasteiger partial charge is 0.437 e. The van der Waals surface area contributed by atoms with Gasteiger partial charge in [0.15, 0.2) is 5.75 Å². The highest BCUT2D eigenvalue weighted by molar-refractivity contribution is 5.94. The summed E-state index contributed by atoms with van der Waals surface area (Å²) in [6.07, 6.45) is 13.0. The van der Waals surface area contributed by atoms with Gasteiger partial charge in [0.1, 0.15) is 40.7 Å². The number of nitrogens with zero attached hydrogens (tertiary/aromatic N) is 15. The van der Waals surface area contributed by atoms with E-state index < -0.39 is 0 Å². The predicted molar refractivity (Wildman–Crippen MR) is 474 cm³/mol. The van der Waals surface area contributed by atoms with Gasteiger partial charge < -0.3 is 73.4 Å². The molecule has 0 radical (unpaired) electrons. The summed E-state index contributed by atoms with van der Waals surface area (Å²) in [6.45, 7) is 15.1. The highest BCUT2D eigenvalue weighted by atomic mass is 19.1. The Balaban J connectivity index is 0.000000133. The van der Waals surface area contributed by atoms with E-state index in [-0.39, 0.29) is 41.4 Å². The van der Waals surface area contributed by atoms with E-state index in [9.17, 15) is 9.18 Å². The molecular formula is C87H108FN27O2. The number of nitrogens with one attached hydrogen (secondary N) is 12. The molecule has 30 heteroatoms. The number of carbonyl (C=O) groups excluding carboxylic acids is 1. The van der Waals surface area contributed by atoms with Crippen molar-refractivity contribution < 1.29 is 13.9 Å². The molecule has 0 saturated carbocycles. The summed E-state index contributed by atoms with van der Waals surface area (Å²) in [4.78, 5) is 13.5. The molecule has 0 aliphatic carbocycles. The van der Waals surface area contributed by atoms with Crippen LogP contribution in [0.25, 0.3) is 0 Å². The molecule has 29 nitrogen and oxygen atoms in total. The van der Waals surface area contributed by atoms with Gasteiger partial charge in [-0.1, -0.05) is 84.3 Å². The van der Waals surface area contributed by atoms with E-state index in [1.54, 1.807) is 39.6 Å². The molecule has 7 aliphatic rings. The summed E-state index contributed by atoms with van der Waals surface area (Å²) in [5, 5.41) is 70.1. The molecule has 0 atom stereocenters. The number of fused-ring (bicyclic) bond motifs is 14. The van der Waals surface area contributed by atoms with Gasteiger partial charge in [-0.2, -0.15) is 35.7 Å². The predicted octanol–water partition coefficient (Wildman–Crippen LogP) is 18.5. The first-order chi connectivity index (χ1) is 54.7. The zero-order valence-electron chi connectivity index (χ0n) is 65.2. The van der Waals surface area contributed by atoms with Gasteiger partial charge in [0.25, 0.3) is 0 Å². The molecule has 117 heavy (non-hydrogen) atoms. The van der Waals surface area contributed by atoms with Crippen molar-refractivity contribution in [3.8, 4) is 11.6 Å². The Morgan fingerprint density at radius 2 is 0.658 bits per heavy atom. The van der Waals surface area contributed by atoms with Crippen LogP contribution in [0.2, 0.25) is 0 Å². The van der Waals surface area contributed by atoms with E-state index in [0.717, 1.165) is 153 Å². The lowest BCUT2D eigenvalue weighted by atomic mass is 10.1. The molecule has 0 bridgehead atoms. The highest BCUT2D eigenvalue weighted by Gasteiger charge is 2.27. The van der Waals surface area contributed by atoms with Crippen LogP contribution in [0.1, 0.15) is 97.8 Å². The summed E-state index contributed by atoms with van der Waals surface area (Å²) >= 11 is 0. The second-order valence-electron chi connectivity index (χ2n) is 28.4. The zero-order valence-corrected chi connectivity index (χ0v) is 65.2. The van der Waals surface area contributed by atoms with Gasteiger partial charge in [-0.3, -0.25) is 32.9 Å². The SMILES string of the molecule is C.C.C.C.CC(=O)N1Cc2cnn(C)c2Oc2ccccc21.Cc1ccc2c(c1)NCc1cnn(C)c1N2.Cc1ccc2c(c1)NCc1cnn(C)c1N2.Cc1ccc2c(c1)NCc1cnn(C)c1N2.Cc1cccc2c1Nc1c(cnn1C)CN2.Cn1ncc2c1Nc1ccc(F)cc1NC2.Cn1ncc2c1Nc1ccccc1NC2. The number of hydrogen-bond acceptors (Lipinski definition) is 21. The van der Waals surface area contributed by atoms with Gasteiger partial charge in [0.05, 0.1) is 129 Å². The van der Waals surface area contributed by atoms with Gasteiger partial charge in [-0.15, -0.1) is 0 Å². The lowest BCUT2D eigenvalue weighted by Gasteiger charge is -2.19. The fraction of sp³-hybridized carbons (Fsp3) is 0.264. The maximum atomic E-state index is 13.1. The summed E-state index contributed by atoms with van der Waals surface area (Å²) in [6, 6.07) is 45.7. The smallest absolute Gasteiger partial charge is 0.224 e. The number of rotatable bonds is 0. The van der Waals surface area contributed by atoms with Crippen LogP contribution in [0.4, 0.5) is 113 Å². The number of para-hydroxylation sites is 5. The number of anilines is 19. The molecule has 0 fully saturated rings. The van der Waals surface area contributed by atoms with Crippen molar-refractivity contribution in [3.63, 3.8) is 0 Å². The van der Waals surface area contributed by atoms with Gasteiger partial charge in [-0.25, -0.2) is 9.07 Å². The lowest BCUT2D eigenvalue weighted by Crippen LogP contribution is -2.26. The van der Waals surface area contributed by atoms with Crippen molar-refractivity contribution >= 4 is 115 Å². The number of aromatic nitrogens is 14. The Morgan fingerprint density at radius 3 is 1.07 bits per heavy atom. The second kappa shape index (κ2) is 36.3. The van der Waals surface area contributed by atoms with Crippen molar-refractivity contribution in [1.82, 2.24) is 68.5 Å². The summed E-state index contributed by atoms with van der Waals surface area (Å²) in [5.74, 6) is 7.38. The Labute approximate surface area is 683 Å². The maximum absolute atomic E-state index is 13.1. The Hall–Kier alpha value is -14.2. The first-order valence-corrected chi connectivity index (χ1v) is 37.2. The molecule has 14 aromatic rings. The topological polar surface area (TPSA) is 299 Å². The monoisotopic (exact) mass is 1580 g/mol. The second-order valence-corrected chi connectivity index (χ2v) is 28.4. The molecular weight excluding hydrogens is 1470 g/mol. The number of benzene rings is 7. The van der Waals surface area contributed by atoms with E-state index in [1.165, 1.54) is 62.2 Å². The lowest BCUT2D eigenvalue weighted by molar-refractivity contribution is -0.116. The van der Waals surface area contributed by atoms with Crippen molar-refractivity contribution in [2.45, 2.75) is 110 Å². The summed E-state index contributed by atoms with van der Waals surface area (Å²) in [7, 11) is 13.4. The fourth-order valence-corrected chi connectivity index (χ4v) is 13.9. The number of hydrogen-bond donors (Lipinski definition) is 12. The Bertz CT molecular complexity index is 5410. The van der Waals surface area contributed by atoms with E-state index in [2.05, 4.69) is 212 Å². The molecule has 7 aliphatic heterocycles. The minimum atomic E-state index is -0.239. The normalized spacial score (nSPS) is 12.7. The standard InChI is InChI=1S/C13H13N3O2.4C12H14N4.C11H11FN4.C11H12N4.4CH4/c1-9(17)16-8-10-7-14-15(2)13(10)18-12-6-4-3-5-11(12)16;3*1-8-3-4-10-11(5-8)13-6-9-7-14-16(2)12(9)15-10;1-8-4-3-5-10-11(8)15-12-9(6-13-10)7-14-16(12)2;1-16-11-7(6-14-16)5-13-10-4-8(12)2-3-9(10)15-11;1-15-11-8(7-13-15)6-12-9-4-2-3-5-10(9)14-11;;;;/h3-7H,8H2,1-2H3;4*3-5,7,13,15H,6H2,1-2H3;2-4,6,13,15H,5H2,1H3;2-5,7,12,14H,6H2,1H3;4*1H4. The third-order valence-electron chi connectivity index (χ3n) is 20.1.